The standard InChI is InChI=1S/C28H32N4O2/c1-4-34-23-14-15-24-25(18-23)32(19(2)3)27(26(24)29)21-10-12-22(13-11-21)31-28(33)30-17-16-20-8-6-5-7-9-20/h5-15,18-19H,4,16-17,29H2,1-3H3,(H2,30,31,33). The van der Waals surface area contributed by atoms with E-state index in [4.69, 9.17) is 10.5 Å². The van der Waals surface area contributed by atoms with Crippen molar-refractivity contribution < 1.29 is 9.53 Å². The van der Waals surface area contributed by atoms with Gasteiger partial charge in [-0.25, -0.2) is 4.79 Å². The number of aromatic nitrogens is 1. The van der Waals surface area contributed by atoms with Crippen LogP contribution >= 0.6 is 0 Å². The molecule has 0 spiro atoms. The number of carbonyl (C=O) groups excluding carboxylic acids is 1. The smallest absolute Gasteiger partial charge is 0.319 e. The third-order valence-corrected chi connectivity index (χ3v) is 5.80. The molecule has 34 heavy (non-hydrogen) atoms. The Hall–Kier alpha value is -3.93. The summed E-state index contributed by atoms with van der Waals surface area (Å²) in [5, 5.41) is 6.82. The van der Waals surface area contributed by atoms with E-state index in [2.05, 4.69) is 41.2 Å². The molecular weight excluding hydrogens is 424 g/mol. The Labute approximate surface area is 200 Å². The average Bonchev–Trinajstić information content (AvgIpc) is 3.12. The lowest BCUT2D eigenvalue weighted by Crippen LogP contribution is -2.30. The molecule has 0 fully saturated rings. The molecule has 1 aromatic heterocycles. The maximum Gasteiger partial charge on any atom is 0.319 e. The molecule has 1 heterocycles. The van der Waals surface area contributed by atoms with Crippen LogP contribution in [-0.4, -0.2) is 23.7 Å². The summed E-state index contributed by atoms with van der Waals surface area (Å²) in [6.45, 7) is 7.45. The molecule has 0 aliphatic heterocycles. The summed E-state index contributed by atoms with van der Waals surface area (Å²) >= 11 is 0. The Morgan fingerprint density at radius 2 is 1.76 bits per heavy atom. The van der Waals surface area contributed by atoms with Gasteiger partial charge in [-0.3, -0.25) is 0 Å². The molecule has 4 N–H and O–H groups in total. The maximum atomic E-state index is 12.3. The van der Waals surface area contributed by atoms with Crippen LogP contribution in [0.25, 0.3) is 22.2 Å². The van der Waals surface area contributed by atoms with E-state index in [1.54, 1.807) is 0 Å². The minimum absolute atomic E-state index is 0.208. The molecule has 0 saturated carbocycles. The van der Waals surface area contributed by atoms with Crippen LogP contribution in [-0.2, 0) is 6.42 Å². The third kappa shape index (κ3) is 5.01. The Balaban J connectivity index is 1.51. The molecule has 2 amide bonds. The third-order valence-electron chi connectivity index (χ3n) is 5.80. The van der Waals surface area contributed by atoms with E-state index in [9.17, 15) is 4.79 Å². The molecule has 6 nitrogen and oxygen atoms in total. The number of nitrogens with two attached hydrogens (primary N) is 1. The first-order valence-electron chi connectivity index (χ1n) is 11.7. The summed E-state index contributed by atoms with van der Waals surface area (Å²) in [6.07, 6.45) is 0.789. The number of rotatable bonds is 8. The lowest BCUT2D eigenvalue weighted by molar-refractivity contribution is 0.252. The summed E-state index contributed by atoms with van der Waals surface area (Å²) in [4.78, 5) is 12.3. The van der Waals surface area contributed by atoms with Gasteiger partial charge in [0.15, 0.2) is 0 Å². The van der Waals surface area contributed by atoms with Crippen LogP contribution in [0.4, 0.5) is 16.2 Å². The van der Waals surface area contributed by atoms with Gasteiger partial charge < -0.3 is 25.7 Å². The number of fused-ring (bicyclic) bond motifs is 1. The largest absolute Gasteiger partial charge is 0.494 e. The summed E-state index contributed by atoms with van der Waals surface area (Å²) in [5.74, 6) is 0.832. The van der Waals surface area contributed by atoms with Crippen molar-refractivity contribution in [2.45, 2.75) is 33.2 Å². The van der Waals surface area contributed by atoms with E-state index in [-0.39, 0.29) is 12.1 Å². The van der Waals surface area contributed by atoms with Gasteiger partial charge in [0.25, 0.3) is 0 Å². The normalized spacial score (nSPS) is 11.1. The Kier molecular flexibility index (Phi) is 7.07. The lowest BCUT2D eigenvalue weighted by Gasteiger charge is -2.16. The first-order valence-corrected chi connectivity index (χ1v) is 11.7. The van der Waals surface area contributed by atoms with Gasteiger partial charge in [-0.2, -0.15) is 0 Å². The number of amides is 2. The second kappa shape index (κ2) is 10.3. The summed E-state index contributed by atoms with van der Waals surface area (Å²) in [5.41, 5.74) is 12.3. The van der Waals surface area contributed by atoms with Gasteiger partial charge in [-0.05, 0) is 57.0 Å². The van der Waals surface area contributed by atoms with Crippen molar-refractivity contribution in [3.8, 4) is 17.0 Å². The fourth-order valence-electron chi connectivity index (χ4n) is 4.26. The predicted molar refractivity (Wildman–Crippen MR) is 141 cm³/mol. The Morgan fingerprint density at radius 1 is 1.03 bits per heavy atom. The van der Waals surface area contributed by atoms with Crippen molar-refractivity contribution in [3.63, 3.8) is 0 Å². The zero-order valence-electron chi connectivity index (χ0n) is 20.0. The van der Waals surface area contributed by atoms with E-state index in [0.717, 1.165) is 45.7 Å². The monoisotopic (exact) mass is 456 g/mol. The molecule has 0 atom stereocenters. The van der Waals surface area contributed by atoms with Gasteiger partial charge in [0.1, 0.15) is 5.75 Å². The van der Waals surface area contributed by atoms with Crippen molar-refractivity contribution >= 4 is 28.3 Å². The molecule has 0 saturated heterocycles. The van der Waals surface area contributed by atoms with E-state index >= 15 is 0 Å². The van der Waals surface area contributed by atoms with Gasteiger partial charge in [-0.15, -0.1) is 0 Å². The van der Waals surface area contributed by atoms with Gasteiger partial charge in [0, 0.05) is 35.3 Å². The first kappa shape index (κ1) is 23.2. The summed E-state index contributed by atoms with van der Waals surface area (Å²) < 4.78 is 7.95. The number of urea groups is 1. The van der Waals surface area contributed by atoms with Crippen molar-refractivity contribution in [1.82, 2.24) is 9.88 Å². The second-order valence-electron chi connectivity index (χ2n) is 8.53. The number of ether oxygens (including phenoxy) is 1. The molecule has 0 radical (unpaired) electrons. The quantitative estimate of drug-likeness (QED) is 0.294. The van der Waals surface area contributed by atoms with Crippen molar-refractivity contribution in [2.75, 3.05) is 24.2 Å². The molecule has 6 heteroatoms. The van der Waals surface area contributed by atoms with E-state index in [1.807, 2.05) is 67.6 Å². The number of anilines is 2. The minimum Gasteiger partial charge on any atom is -0.494 e. The predicted octanol–water partition coefficient (Wildman–Crippen LogP) is 6.23. The summed E-state index contributed by atoms with van der Waals surface area (Å²) in [7, 11) is 0. The SMILES string of the molecule is CCOc1ccc2c(N)c(-c3ccc(NC(=O)NCCc4ccccc4)cc3)n(C(C)C)c2c1. The van der Waals surface area contributed by atoms with Crippen LogP contribution in [0.15, 0.2) is 72.8 Å². The van der Waals surface area contributed by atoms with E-state index in [0.29, 0.717) is 13.2 Å². The lowest BCUT2D eigenvalue weighted by atomic mass is 10.1. The number of benzene rings is 3. The molecule has 0 aliphatic carbocycles. The van der Waals surface area contributed by atoms with E-state index < -0.39 is 0 Å². The first-order chi connectivity index (χ1) is 16.5. The fourth-order valence-corrected chi connectivity index (χ4v) is 4.26. The van der Waals surface area contributed by atoms with Crippen LogP contribution in [0.1, 0.15) is 32.4 Å². The van der Waals surface area contributed by atoms with Crippen LogP contribution in [0, 0.1) is 0 Å². The van der Waals surface area contributed by atoms with Gasteiger partial charge in [0.2, 0.25) is 0 Å². The highest BCUT2D eigenvalue weighted by Crippen LogP contribution is 2.40. The molecule has 0 bridgehead atoms. The number of hydrogen-bond acceptors (Lipinski definition) is 3. The molecule has 176 valence electrons. The number of hydrogen-bond donors (Lipinski definition) is 3. The Bertz CT molecular complexity index is 1260. The van der Waals surface area contributed by atoms with Crippen molar-refractivity contribution in [2.24, 2.45) is 0 Å². The van der Waals surface area contributed by atoms with Crippen LogP contribution in [0.2, 0.25) is 0 Å². The Morgan fingerprint density at radius 3 is 2.44 bits per heavy atom. The number of nitrogens with one attached hydrogen (secondary N) is 2. The number of nitrogens with zero attached hydrogens (tertiary/aromatic N) is 1. The molecule has 3 aromatic carbocycles. The fraction of sp³-hybridized carbons (Fsp3) is 0.250. The topological polar surface area (TPSA) is 81.3 Å². The average molecular weight is 457 g/mol. The zero-order chi connectivity index (χ0) is 24.1. The highest BCUT2D eigenvalue weighted by molar-refractivity contribution is 6.01. The minimum atomic E-state index is -0.219. The van der Waals surface area contributed by atoms with E-state index in [1.165, 1.54) is 5.56 Å². The number of carbonyl (C=O) groups is 1. The van der Waals surface area contributed by atoms with Crippen LogP contribution < -0.4 is 21.1 Å². The van der Waals surface area contributed by atoms with Gasteiger partial charge >= 0.3 is 6.03 Å². The highest BCUT2D eigenvalue weighted by Gasteiger charge is 2.19. The second-order valence-corrected chi connectivity index (χ2v) is 8.53. The molecule has 0 unspecified atom stereocenters. The van der Waals surface area contributed by atoms with Crippen LogP contribution in [0.5, 0.6) is 5.75 Å². The molecular formula is C28H32N4O2. The van der Waals surface area contributed by atoms with Crippen molar-refractivity contribution in [1.29, 1.82) is 0 Å². The van der Waals surface area contributed by atoms with Gasteiger partial charge in [0.05, 0.1) is 23.5 Å². The molecule has 0 aliphatic rings. The molecule has 4 aromatic rings. The van der Waals surface area contributed by atoms with Crippen molar-refractivity contribution in [3.05, 3.63) is 78.4 Å². The molecule has 4 rings (SSSR count). The summed E-state index contributed by atoms with van der Waals surface area (Å²) in [6, 6.07) is 23.9. The number of nitrogen functional groups attached to an aromatic ring is 1. The van der Waals surface area contributed by atoms with Gasteiger partial charge in [-0.1, -0.05) is 42.5 Å². The zero-order valence-corrected chi connectivity index (χ0v) is 20.0. The van der Waals surface area contributed by atoms with Crippen LogP contribution in [0.3, 0.4) is 0 Å². The maximum absolute atomic E-state index is 12.3. The highest BCUT2D eigenvalue weighted by atomic mass is 16.5.